The lowest BCUT2D eigenvalue weighted by molar-refractivity contribution is -0.119. The number of anilines is 1. The fourth-order valence-corrected chi connectivity index (χ4v) is 3.35. The normalized spacial score (nSPS) is 17.1. The Kier molecular flexibility index (Phi) is 7.43. The van der Waals surface area contributed by atoms with Crippen LogP contribution in [0.1, 0.15) is 38.3 Å². The van der Waals surface area contributed by atoms with Crippen molar-refractivity contribution < 1.29 is 23.0 Å². The number of hydrogen-bond acceptors (Lipinski definition) is 5. The van der Waals surface area contributed by atoms with E-state index in [1.807, 2.05) is 31.2 Å². The second-order valence-corrected chi connectivity index (χ2v) is 7.35. The molecule has 2 heterocycles. The molecule has 162 valence electrons. The lowest BCUT2D eigenvalue weighted by atomic mass is 10.1. The molecule has 1 fully saturated rings. The van der Waals surface area contributed by atoms with Crippen LogP contribution in [-0.4, -0.2) is 43.1 Å². The monoisotopic (exact) mass is 419 g/mol. The van der Waals surface area contributed by atoms with E-state index in [2.05, 4.69) is 15.2 Å². The van der Waals surface area contributed by atoms with Crippen LogP contribution in [0.15, 0.2) is 42.6 Å². The number of ether oxygens (including phenoxy) is 2. The molecular weight excluding hydrogens is 392 g/mol. The van der Waals surface area contributed by atoms with Gasteiger partial charge in [0.05, 0.1) is 19.2 Å². The third-order valence-corrected chi connectivity index (χ3v) is 4.92. The van der Waals surface area contributed by atoms with Crippen molar-refractivity contribution in [1.82, 2.24) is 10.3 Å². The maximum atomic E-state index is 12.2. The molecule has 1 amide bonds. The summed E-state index contributed by atoms with van der Waals surface area (Å²) in [6.07, 6.45) is -0.00261. The van der Waals surface area contributed by atoms with Gasteiger partial charge in [0.1, 0.15) is 11.9 Å². The maximum Gasteiger partial charge on any atom is 0.241 e. The molecule has 1 unspecified atom stereocenters. The van der Waals surface area contributed by atoms with Crippen molar-refractivity contribution in [3.05, 3.63) is 48.2 Å². The van der Waals surface area contributed by atoms with Crippen molar-refractivity contribution in [1.29, 1.82) is 0 Å². The highest BCUT2D eigenvalue weighted by atomic mass is 19.3. The van der Waals surface area contributed by atoms with Gasteiger partial charge in [-0.05, 0) is 36.8 Å². The van der Waals surface area contributed by atoms with Crippen LogP contribution in [0.4, 0.5) is 14.5 Å². The maximum absolute atomic E-state index is 12.2. The highest BCUT2D eigenvalue weighted by molar-refractivity contribution is 5.73. The van der Waals surface area contributed by atoms with E-state index in [1.165, 1.54) is 6.92 Å². The van der Waals surface area contributed by atoms with Gasteiger partial charge in [-0.25, -0.2) is 13.8 Å². The van der Waals surface area contributed by atoms with Crippen molar-refractivity contribution >= 4 is 11.6 Å². The predicted octanol–water partition coefficient (Wildman–Crippen LogP) is 3.97. The summed E-state index contributed by atoms with van der Waals surface area (Å²) in [6.45, 7) is 4.99. The molecule has 0 aliphatic carbocycles. The van der Waals surface area contributed by atoms with Crippen LogP contribution in [0, 0.1) is 0 Å². The molecule has 2 aromatic rings. The second kappa shape index (κ2) is 10.2. The fraction of sp³-hybridized carbons (Fsp3) is 0.455. The number of amides is 1. The molecule has 6 nitrogen and oxygen atoms in total. The Bertz CT molecular complexity index is 815. The standard InChI is InChI=1S/C22H27F2N3O3/c1-15(26-16(2)28)17-3-8-22(25-13-17)30-20-9-11-27(14-20)18-4-6-19(7-5-18)29-12-10-21(23)24/h3-8,13,15,20-21H,9-12,14H2,1-2H3,(H,26,28)/t15-,20?/m0/s1. The summed E-state index contributed by atoms with van der Waals surface area (Å²) < 4.78 is 35.7. The van der Waals surface area contributed by atoms with Gasteiger partial charge in [-0.1, -0.05) is 6.07 Å². The van der Waals surface area contributed by atoms with E-state index in [1.54, 1.807) is 18.3 Å². The summed E-state index contributed by atoms with van der Waals surface area (Å²) in [7, 11) is 0. The van der Waals surface area contributed by atoms with Crippen molar-refractivity contribution in [2.75, 3.05) is 24.6 Å². The summed E-state index contributed by atoms with van der Waals surface area (Å²) in [6, 6.07) is 11.1. The molecular formula is C22H27F2N3O3. The highest BCUT2D eigenvalue weighted by Crippen LogP contribution is 2.25. The third kappa shape index (κ3) is 6.30. The van der Waals surface area contributed by atoms with Gasteiger partial charge in [0.2, 0.25) is 18.2 Å². The molecule has 1 aromatic carbocycles. The van der Waals surface area contributed by atoms with E-state index in [9.17, 15) is 13.6 Å². The second-order valence-electron chi connectivity index (χ2n) is 7.35. The van der Waals surface area contributed by atoms with Crippen molar-refractivity contribution in [3.8, 4) is 11.6 Å². The van der Waals surface area contributed by atoms with Crippen LogP contribution in [0.25, 0.3) is 0 Å². The molecule has 0 spiro atoms. The predicted molar refractivity (Wildman–Crippen MR) is 110 cm³/mol. The number of rotatable bonds is 9. The first-order valence-electron chi connectivity index (χ1n) is 10.1. The van der Waals surface area contributed by atoms with Crippen LogP contribution >= 0.6 is 0 Å². The fourth-order valence-electron chi connectivity index (χ4n) is 3.35. The zero-order valence-corrected chi connectivity index (χ0v) is 17.2. The first kappa shape index (κ1) is 21.8. The molecule has 0 radical (unpaired) electrons. The summed E-state index contributed by atoms with van der Waals surface area (Å²) in [4.78, 5) is 17.7. The molecule has 1 N–H and O–H groups in total. The van der Waals surface area contributed by atoms with E-state index in [-0.39, 0.29) is 31.1 Å². The number of halogens is 2. The largest absolute Gasteiger partial charge is 0.493 e. The van der Waals surface area contributed by atoms with Gasteiger partial charge >= 0.3 is 0 Å². The molecule has 1 aliphatic rings. The highest BCUT2D eigenvalue weighted by Gasteiger charge is 2.24. The number of benzene rings is 1. The minimum atomic E-state index is -2.35. The summed E-state index contributed by atoms with van der Waals surface area (Å²) in [5.41, 5.74) is 1.95. The zero-order chi connectivity index (χ0) is 21.5. The Morgan fingerprint density at radius 2 is 2.03 bits per heavy atom. The Hall–Kier alpha value is -2.90. The van der Waals surface area contributed by atoms with Gasteiger partial charge in [0, 0.05) is 44.3 Å². The Balaban J connectivity index is 1.49. The minimum absolute atomic E-state index is 0.00598. The first-order valence-corrected chi connectivity index (χ1v) is 10.1. The third-order valence-electron chi connectivity index (χ3n) is 4.92. The molecule has 0 bridgehead atoms. The number of nitrogens with one attached hydrogen (secondary N) is 1. The van der Waals surface area contributed by atoms with Gasteiger partial charge in [-0.2, -0.15) is 0 Å². The average Bonchev–Trinajstić information content (AvgIpc) is 3.17. The average molecular weight is 419 g/mol. The Morgan fingerprint density at radius 3 is 2.67 bits per heavy atom. The van der Waals surface area contributed by atoms with Crippen LogP contribution in [0.3, 0.4) is 0 Å². The zero-order valence-electron chi connectivity index (χ0n) is 17.2. The Labute approximate surface area is 175 Å². The minimum Gasteiger partial charge on any atom is -0.493 e. The molecule has 2 atom stereocenters. The molecule has 8 heteroatoms. The number of nitrogens with zero attached hydrogens (tertiary/aromatic N) is 2. The van der Waals surface area contributed by atoms with Gasteiger partial charge in [0.15, 0.2) is 0 Å². The lowest BCUT2D eigenvalue weighted by Crippen LogP contribution is -2.25. The molecule has 1 aliphatic heterocycles. The number of carbonyl (C=O) groups excluding carboxylic acids is 1. The van der Waals surface area contributed by atoms with E-state index >= 15 is 0 Å². The SMILES string of the molecule is CC(=O)N[C@@H](C)c1ccc(OC2CCN(c3ccc(OCCC(F)F)cc3)C2)nc1. The van der Waals surface area contributed by atoms with E-state index in [0.29, 0.717) is 11.6 Å². The van der Waals surface area contributed by atoms with E-state index < -0.39 is 6.43 Å². The summed E-state index contributed by atoms with van der Waals surface area (Å²) in [5, 5.41) is 2.83. The van der Waals surface area contributed by atoms with E-state index in [4.69, 9.17) is 9.47 Å². The number of hydrogen-bond donors (Lipinski definition) is 1. The van der Waals surface area contributed by atoms with Crippen LogP contribution in [-0.2, 0) is 4.79 Å². The van der Waals surface area contributed by atoms with Gasteiger partial charge in [0.25, 0.3) is 0 Å². The van der Waals surface area contributed by atoms with Crippen LogP contribution in [0.5, 0.6) is 11.6 Å². The van der Waals surface area contributed by atoms with Crippen LogP contribution < -0.4 is 19.7 Å². The van der Waals surface area contributed by atoms with Crippen molar-refractivity contribution in [2.45, 2.75) is 45.3 Å². The van der Waals surface area contributed by atoms with Gasteiger partial charge in [-0.15, -0.1) is 0 Å². The smallest absolute Gasteiger partial charge is 0.241 e. The first-order chi connectivity index (χ1) is 14.4. The molecule has 30 heavy (non-hydrogen) atoms. The molecule has 0 saturated carbocycles. The topological polar surface area (TPSA) is 63.7 Å². The number of aromatic nitrogens is 1. The van der Waals surface area contributed by atoms with E-state index in [0.717, 1.165) is 30.8 Å². The van der Waals surface area contributed by atoms with Crippen molar-refractivity contribution in [3.63, 3.8) is 0 Å². The molecule has 1 aromatic heterocycles. The summed E-state index contributed by atoms with van der Waals surface area (Å²) in [5.74, 6) is 1.06. The van der Waals surface area contributed by atoms with Gasteiger partial charge in [-0.3, -0.25) is 4.79 Å². The van der Waals surface area contributed by atoms with Gasteiger partial charge < -0.3 is 19.7 Å². The summed E-state index contributed by atoms with van der Waals surface area (Å²) >= 11 is 0. The number of carbonyl (C=O) groups is 1. The quantitative estimate of drug-likeness (QED) is 0.666. The van der Waals surface area contributed by atoms with Crippen LogP contribution in [0.2, 0.25) is 0 Å². The Morgan fingerprint density at radius 1 is 1.27 bits per heavy atom. The number of alkyl halides is 2. The molecule has 1 saturated heterocycles. The molecule has 3 rings (SSSR count). The van der Waals surface area contributed by atoms with Crippen molar-refractivity contribution in [2.24, 2.45) is 0 Å². The lowest BCUT2D eigenvalue weighted by Gasteiger charge is -2.19. The number of pyridine rings is 1.